The quantitative estimate of drug-likeness (QED) is 0.715. The van der Waals surface area contributed by atoms with Gasteiger partial charge in [-0.25, -0.2) is 0 Å². The predicted octanol–water partition coefficient (Wildman–Crippen LogP) is 1.02. The van der Waals surface area contributed by atoms with E-state index in [1.54, 1.807) is 0 Å². The number of anilines is 1. The van der Waals surface area contributed by atoms with Crippen molar-refractivity contribution in [3.05, 3.63) is 24.5 Å². The second-order valence-corrected chi connectivity index (χ2v) is 4.38. The van der Waals surface area contributed by atoms with E-state index in [1.165, 1.54) is 25.1 Å². The fourth-order valence-electron chi connectivity index (χ4n) is 2.55. The average molecular weight is 189 g/mol. The molecule has 74 valence electrons. The van der Waals surface area contributed by atoms with E-state index in [0.717, 1.165) is 13.1 Å². The van der Waals surface area contributed by atoms with Crippen LogP contribution in [0.3, 0.4) is 0 Å². The van der Waals surface area contributed by atoms with Crippen molar-refractivity contribution in [2.24, 2.45) is 0 Å². The van der Waals surface area contributed by atoms with Crippen LogP contribution >= 0.6 is 0 Å². The highest BCUT2D eigenvalue weighted by atomic mass is 15.3. The molecule has 0 bridgehead atoms. The minimum Gasteiger partial charge on any atom is -0.366 e. The molecule has 0 radical (unpaired) electrons. The summed E-state index contributed by atoms with van der Waals surface area (Å²) in [7, 11) is 0. The fourth-order valence-corrected chi connectivity index (χ4v) is 2.55. The van der Waals surface area contributed by atoms with Gasteiger partial charge in [-0.15, -0.1) is 0 Å². The monoisotopic (exact) mass is 189 g/mol. The molecule has 0 amide bonds. The largest absolute Gasteiger partial charge is 0.366 e. The van der Waals surface area contributed by atoms with Crippen LogP contribution in [-0.4, -0.2) is 30.2 Å². The first kappa shape index (κ1) is 8.24. The van der Waals surface area contributed by atoms with Crippen LogP contribution in [0.5, 0.6) is 0 Å². The Morgan fingerprint density at radius 1 is 1.43 bits per heavy atom. The van der Waals surface area contributed by atoms with E-state index in [4.69, 9.17) is 0 Å². The Bertz CT molecular complexity index is 309. The molecule has 0 atom stereocenters. The summed E-state index contributed by atoms with van der Waals surface area (Å²) in [6, 6.07) is 4.14. The number of nitrogens with one attached hydrogen (secondary N) is 1. The molecule has 2 saturated heterocycles. The molecule has 0 aliphatic carbocycles. The van der Waals surface area contributed by atoms with E-state index >= 15 is 0 Å². The average Bonchev–Trinajstić information content (AvgIpc) is 2.65. The van der Waals surface area contributed by atoms with Crippen LogP contribution in [0.25, 0.3) is 0 Å². The van der Waals surface area contributed by atoms with Gasteiger partial charge < -0.3 is 10.2 Å². The summed E-state index contributed by atoms with van der Waals surface area (Å²) in [5, 5.41) is 3.61. The van der Waals surface area contributed by atoms with Crippen LogP contribution in [0, 0.1) is 0 Å². The molecule has 0 aromatic carbocycles. The second-order valence-electron chi connectivity index (χ2n) is 4.38. The first-order valence-corrected chi connectivity index (χ1v) is 5.28. The summed E-state index contributed by atoms with van der Waals surface area (Å²) >= 11 is 0. The molecular formula is C11H15N3. The summed E-state index contributed by atoms with van der Waals surface area (Å²) in [6.07, 6.45) is 6.44. The first-order chi connectivity index (χ1) is 6.88. The van der Waals surface area contributed by atoms with Crippen LogP contribution < -0.4 is 10.2 Å². The van der Waals surface area contributed by atoms with Gasteiger partial charge in [0.15, 0.2) is 0 Å². The zero-order chi connectivity index (χ0) is 9.43. The topological polar surface area (TPSA) is 28.2 Å². The van der Waals surface area contributed by atoms with Crippen LogP contribution in [0.15, 0.2) is 24.5 Å². The molecule has 2 aliphatic rings. The molecule has 3 heteroatoms. The van der Waals surface area contributed by atoms with E-state index in [1.807, 2.05) is 18.5 Å². The fraction of sp³-hybridized carbons (Fsp3) is 0.545. The summed E-state index contributed by atoms with van der Waals surface area (Å²) in [4.78, 5) is 6.53. The molecule has 1 aromatic rings. The Kier molecular flexibility index (Phi) is 1.74. The second kappa shape index (κ2) is 2.95. The molecule has 0 unspecified atom stereocenters. The predicted molar refractivity (Wildman–Crippen MR) is 56.4 cm³/mol. The van der Waals surface area contributed by atoms with Crippen molar-refractivity contribution >= 4 is 5.69 Å². The molecule has 3 nitrogen and oxygen atoms in total. The number of rotatable bonds is 1. The number of nitrogens with zero attached hydrogens (tertiary/aromatic N) is 2. The lowest BCUT2D eigenvalue weighted by atomic mass is 9.88. The van der Waals surface area contributed by atoms with Crippen molar-refractivity contribution in [2.45, 2.75) is 18.4 Å². The van der Waals surface area contributed by atoms with Crippen molar-refractivity contribution in [1.29, 1.82) is 0 Å². The zero-order valence-corrected chi connectivity index (χ0v) is 8.24. The molecule has 1 spiro atoms. The highest BCUT2D eigenvalue weighted by molar-refractivity contribution is 5.49. The summed E-state index contributed by atoms with van der Waals surface area (Å²) in [5.41, 5.74) is 1.70. The number of aromatic nitrogens is 1. The van der Waals surface area contributed by atoms with Gasteiger partial charge in [0.05, 0.1) is 17.4 Å². The minimum atomic E-state index is 0.440. The normalized spacial score (nSPS) is 23.9. The van der Waals surface area contributed by atoms with Gasteiger partial charge in [-0.3, -0.25) is 4.98 Å². The minimum absolute atomic E-state index is 0.440. The first-order valence-electron chi connectivity index (χ1n) is 5.28. The Hall–Kier alpha value is -1.09. The molecule has 3 rings (SSSR count). The van der Waals surface area contributed by atoms with Gasteiger partial charge >= 0.3 is 0 Å². The van der Waals surface area contributed by atoms with Crippen molar-refractivity contribution < 1.29 is 0 Å². The molecule has 2 fully saturated rings. The van der Waals surface area contributed by atoms with Gasteiger partial charge in [-0.1, -0.05) is 0 Å². The van der Waals surface area contributed by atoms with Crippen LogP contribution in [0.1, 0.15) is 12.8 Å². The summed E-state index contributed by atoms with van der Waals surface area (Å²) in [5.74, 6) is 0. The lowest BCUT2D eigenvalue weighted by Crippen LogP contribution is -2.67. The third-order valence-electron chi connectivity index (χ3n) is 3.33. The Labute approximate surface area is 84.1 Å². The van der Waals surface area contributed by atoms with E-state index in [-0.39, 0.29) is 0 Å². The Balaban J connectivity index is 1.69. The van der Waals surface area contributed by atoms with E-state index < -0.39 is 0 Å². The van der Waals surface area contributed by atoms with Crippen LogP contribution in [-0.2, 0) is 0 Å². The van der Waals surface area contributed by atoms with E-state index in [9.17, 15) is 0 Å². The molecule has 1 aromatic heterocycles. The van der Waals surface area contributed by atoms with Crippen molar-refractivity contribution in [2.75, 3.05) is 24.5 Å². The van der Waals surface area contributed by atoms with Crippen LogP contribution in [0.2, 0.25) is 0 Å². The van der Waals surface area contributed by atoms with E-state index in [0.29, 0.717) is 5.54 Å². The molecule has 0 saturated carbocycles. The molecule has 1 N–H and O–H groups in total. The third kappa shape index (κ3) is 1.20. The molecule has 3 heterocycles. The van der Waals surface area contributed by atoms with Gasteiger partial charge in [0, 0.05) is 19.3 Å². The molecular weight excluding hydrogens is 174 g/mol. The van der Waals surface area contributed by atoms with Gasteiger partial charge in [0.25, 0.3) is 0 Å². The summed E-state index contributed by atoms with van der Waals surface area (Å²) in [6.45, 7) is 3.50. The number of hydrogen-bond donors (Lipinski definition) is 1. The van der Waals surface area contributed by atoms with Gasteiger partial charge in [0.2, 0.25) is 0 Å². The third-order valence-corrected chi connectivity index (χ3v) is 3.33. The van der Waals surface area contributed by atoms with Crippen LogP contribution in [0.4, 0.5) is 5.69 Å². The lowest BCUT2D eigenvalue weighted by molar-refractivity contribution is 0.294. The van der Waals surface area contributed by atoms with Gasteiger partial charge in [-0.2, -0.15) is 0 Å². The van der Waals surface area contributed by atoms with Gasteiger partial charge in [-0.05, 0) is 31.5 Å². The highest BCUT2D eigenvalue weighted by Crippen LogP contribution is 2.32. The smallest absolute Gasteiger partial charge is 0.0554 e. The summed E-state index contributed by atoms with van der Waals surface area (Å²) < 4.78 is 0. The maximum atomic E-state index is 4.14. The van der Waals surface area contributed by atoms with Gasteiger partial charge in [0.1, 0.15) is 0 Å². The standard InChI is InChI=1S/C11H15N3/c1-3-10(7-12-5-1)14-8-11(9-14)4-2-6-13-11/h1,3,5,7,13H,2,4,6,8-9H2. The van der Waals surface area contributed by atoms with E-state index in [2.05, 4.69) is 21.3 Å². The van der Waals surface area contributed by atoms with Crippen molar-refractivity contribution in [1.82, 2.24) is 10.3 Å². The van der Waals surface area contributed by atoms with Crippen molar-refractivity contribution in [3.63, 3.8) is 0 Å². The zero-order valence-electron chi connectivity index (χ0n) is 8.24. The SMILES string of the molecule is c1cncc(N2CC3(CCCN3)C2)c1. The maximum absolute atomic E-state index is 4.14. The lowest BCUT2D eigenvalue weighted by Gasteiger charge is -2.49. The Morgan fingerprint density at radius 3 is 3.00 bits per heavy atom. The molecule has 14 heavy (non-hydrogen) atoms. The Morgan fingerprint density at radius 2 is 2.36 bits per heavy atom. The highest BCUT2D eigenvalue weighted by Gasteiger charge is 2.44. The molecule has 2 aliphatic heterocycles. The number of pyridine rings is 1. The maximum Gasteiger partial charge on any atom is 0.0554 e. The van der Waals surface area contributed by atoms with Crippen molar-refractivity contribution in [3.8, 4) is 0 Å². The number of hydrogen-bond acceptors (Lipinski definition) is 3.